The normalized spacial score (nSPS) is 20.6. The highest BCUT2D eigenvalue weighted by Gasteiger charge is 2.28. The summed E-state index contributed by atoms with van der Waals surface area (Å²) in [5.74, 6) is 2.60. The molecule has 110 valence electrons. The fourth-order valence-electron chi connectivity index (χ4n) is 3.56. The number of rotatable bonds is 4. The zero-order chi connectivity index (χ0) is 13.8. The molecule has 2 aliphatic rings. The average Bonchev–Trinajstić information content (AvgIpc) is 2.53. The van der Waals surface area contributed by atoms with E-state index in [9.17, 15) is 0 Å². The number of hydrogen-bond acceptors (Lipinski definition) is 3. The summed E-state index contributed by atoms with van der Waals surface area (Å²) >= 11 is 0. The Hall–Kier alpha value is -1.22. The van der Waals surface area contributed by atoms with Crippen LogP contribution < -0.4 is 14.8 Å². The predicted molar refractivity (Wildman–Crippen MR) is 80.4 cm³/mol. The molecule has 1 heterocycles. The molecule has 20 heavy (non-hydrogen) atoms. The van der Waals surface area contributed by atoms with Crippen molar-refractivity contribution in [2.75, 3.05) is 19.8 Å². The topological polar surface area (TPSA) is 30.5 Å². The van der Waals surface area contributed by atoms with Gasteiger partial charge in [-0.3, -0.25) is 0 Å². The van der Waals surface area contributed by atoms with Gasteiger partial charge in [0.1, 0.15) is 13.2 Å². The van der Waals surface area contributed by atoms with Crippen molar-refractivity contribution in [3.05, 3.63) is 23.8 Å². The third kappa shape index (κ3) is 2.78. The lowest BCUT2D eigenvalue weighted by Crippen LogP contribution is -2.30. The van der Waals surface area contributed by atoms with Crippen molar-refractivity contribution in [3.8, 4) is 11.5 Å². The first-order valence-corrected chi connectivity index (χ1v) is 8.02. The van der Waals surface area contributed by atoms with Gasteiger partial charge in [-0.05, 0) is 31.4 Å². The van der Waals surface area contributed by atoms with E-state index in [1.165, 1.54) is 37.7 Å². The molecule has 0 radical (unpaired) electrons. The molecule has 0 saturated heterocycles. The Bertz CT molecular complexity index is 441. The second-order valence-corrected chi connectivity index (χ2v) is 5.80. The molecule has 0 spiro atoms. The lowest BCUT2D eigenvalue weighted by atomic mass is 9.80. The Kier molecular flexibility index (Phi) is 4.46. The summed E-state index contributed by atoms with van der Waals surface area (Å²) in [6, 6.07) is 6.71. The first-order chi connectivity index (χ1) is 9.90. The third-order valence-electron chi connectivity index (χ3n) is 4.48. The average molecular weight is 275 g/mol. The standard InChI is InChI=1S/C17H25NO2/c1-2-18-16(13-7-4-3-5-8-13)14-9-6-10-15-17(14)20-12-11-19-15/h6,9-10,13,16,18H,2-5,7-8,11-12H2,1H3. The van der Waals surface area contributed by atoms with Gasteiger partial charge in [-0.2, -0.15) is 0 Å². The second-order valence-electron chi connectivity index (χ2n) is 5.80. The first kappa shape index (κ1) is 13.7. The monoisotopic (exact) mass is 275 g/mol. The number of ether oxygens (including phenoxy) is 2. The molecule has 1 aromatic carbocycles. The van der Waals surface area contributed by atoms with E-state index in [2.05, 4.69) is 24.4 Å². The third-order valence-corrected chi connectivity index (χ3v) is 4.48. The van der Waals surface area contributed by atoms with Gasteiger partial charge in [0.2, 0.25) is 0 Å². The van der Waals surface area contributed by atoms with Crippen LogP contribution in [0.25, 0.3) is 0 Å². The van der Waals surface area contributed by atoms with Crippen molar-refractivity contribution in [1.29, 1.82) is 0 Å². The molecule has 0 amide bonds. The van der Waals surface area contributed by atoms with E-state index in [1.807, 2.05) is 6.07 Å². The molecule has 3 heteroatoms. The van der Waals surface area contributed by atoms with E-state index >= 15 is 0 Å². The van der Waals surface area contributed by atoms with Crippen LogP contribution in [0.5, 0.6) is 11.5 Å². The Morgan fingerprint density at radius 2 is 1.95 bits per heavy atom. The van der Waals surface area contributed by atoms with Gasteiger partial charge in [-0.25, -0.2) is 0 Å². The maximum atomic E-state index is 5.91. The van der Waals surface area contributed by atoms with E-state index < -0.39 is 0 Å². The van der Waals surface area contributed by atoms with Gasteiger partial charge in [0.25, 0.3) is 0 Å². The van der Waals surface area contributed by atoms with E-state index in [4.69, 9.17) is 9.47 Å². The SMILES string of the molecule is CCNC(c1cccc2c1OCCO2)C1CCCCC1. The number of fused-ring (bicyclic) bond motifs is 1. The summed E-state index contributed by atoms with van der Waals surface area (Å²) in [6.45, 7) is 4.49. The van der Waals surface area contributed by atoms with Gasteiger partial charge in [0.05, 0.1) is 0 Å². The summed E-state index contributed by atoms with van der Waals surface area (Å²) < 4.78 is 11.6. The van der Waals surface area contributed by atoms with Crippen LogP contribution in [0.15, 0.2) is 18.2 Å². The first-order valence-electron chi connectivity index (χ1n) is 8.02. The summed E-state index contributed by atoms with van der Waals surface area (Å²) in [5, 5.41) is 3.68. The van der Waals surface area contributed by atoms with Crippen LogP contribution >= 0.6 is 0 Å². The van der Waals surface area contributed by atoms with Gasteiger partial charge in [-0.15, -0.1) is 0 Å². The highest BCUT2D eigenvalue weighted by molar-refractivity contribution is 5.49. The van der Waals surface area contributed by atoms with E-state index in [0.717, 1.165) is 24.0 Å². The Morgan fingerprint density at radius 1 is 1.15 bits per heavy atom. The number of hydrogen-bond donors (Lipinski definition) is 1. The van der Waals surface area contributed by atoms with Crippen molar-refractivity contribution in [1.82, 2.24) is 5.32 Å². The molecule has 1 fully saturated rings. The summed E-state index contributed by atoms with van der Waals surface area (Å²) in [4.78, 5) is 0. The van der Waals surface area contributed by atoms with E-state index in [-0.39, 0.29) is 0 Å². The minimum Gasteiger partial charge on any atom is -0.486 e. The predicted octanol–water partition coefficient (Wildman–Crippen LogP) is 3.69. The summed E-state index contributed by atoms with van der Waals surface area (Å²) in [6.07, 6.45) is 6.75. The highest BCUT2D eigenvalue weighted by atomic mass is 16.6. The largest absolute Gasteiger partial charge is 0.486 e. The molecule has 3 rings (SSSR count). The quantitative estimate of drug-likeness (QED) is 0.909. The lowest BCUT2D eigenvalue weighted by Gasteiger charge is -2.33. The molecule has 1 aliphatic heterocycles. The van der Waals surface area contributed by atoms with E-state index in [1.54, 1.807) is 0 Å². The van der Waals surface area contributed by atoms with Gasteiger partial charge >= 0.3 is 0 Å². The second kappa shape index (κ2) is 6.49. The van der Waals surface area contributed by atoms with Crippen LogP contribution in [0.4, 0.5) is 0 Å². The van der Waals surface area contributed by atoms with Crippen LogP contribution in [0.3, 0.4) is 0 Å². The maximum Gasteiger partial charge on any atom is 0.166 e. The van der Waals surface area contributed by atoms with Crippen molar-refractivity contribution in [3.63, 3.8) is 0 Å². The molecule has 0 aromatic heterocycles. The smallest absolute Gasteiger partial charge is 0.166 e. The number of para-hydroxylation sites is 1. The van der Waals surface area contributed by atoms with Crippen LogP contribution in [-0.4, -0.2) is 19.8 Å². The fourth-order valence-corrected chi connectivity index (χ4v) is 3.56. The highest BCUT2D eigenvalue weighted by Crippen LogP contribution is 2.42. The molecule has 1 atom stereocenters. The van der Waals surface area contributed by atoms with Crippen molar-refractivity contribution in [2.45, 2.75) is 45.1 Å². The van der Waals surface area contributed by atoms with Crippen molar-refractivity contribution in [2.24, 2.45) is 5.92 Å². The maximum absolute atomic E-state index is 5.91. The molecule has 1 saturated carbocycles. The fraction of sp³-hybridized carbons (Fsp3) is 0.647. The van der Waals surface area contributed by atoms with Gasteiger partial charge in [0.15, 0.2) is 11.5 Å². The van der Waals surface area contributed by atoms with Crippen LogP contribution in [-0.2, 0) is 0 Å². The molecule has 1 aromatic rings. The number of nitrogens with one attached hydrogen (secondary N) is 1. The van der Waals surface area contributed by atoms with Crippen molar-refractivity contribution < 1.29 is 9.47 Å². The molecular formula is C17H25NO2. The molecular weight excluding hydrogens is 250 g/mol. The summed E-state index contributed by atoms with van der Waals surface area (Å²) in [7, 11) is 0. The summed E-state index contributed by atoms with van der Waals surface area (Å²) in [5.41, 5.74) is 1.29. The Labute approximate surface area is 121 Å². The zero-order valence-corrected chi connectivity index (χ0v) is 12.4. The van der Waals surface area contributed by atoms with Crippen LogP contribution in [0.2, 0.25) is 0 Å². The Morgan fingerprint density at radius 3 is 2.75 bits per heavy atom. The zero-order valence-electron chi connectivity index (χ0n) is 12.4. The Balaban J connectivity index is 1.90. The molecule has 1 aliphatic carbocycles. The van der Waals surface area contributed by atoms with Crippen molar-refractivity contribution >= 4 is 0 Å². The van der Waals surface area contributed by atoms with Gasteiger partial charge in [-0.1, -0.05) is 38.3 Å². The minimum absolute atomic E-state index is 0.400. The number of benzene rings is 1. The molecule has 0 bridgehead atoms. The molecule has 1 N–H and O–H groups in total. The van der Waals surface area contributed by atoms with E-state index in [0.29, 0.717) is 19.3 Å². The molecule has 3 nitrogen and oxygen atoms in total. The van der Waals surface area contributed by atoms with Gasteiger partial charge < -0.3 is 14.8 Å². The van der Waals surface area contributed by atoms with Gasteiger partial charge in [0, 0.05) is 11.6 Å². The lowest BCUT2D eigenvalue weighted by molar-refractivity contribution is 0.165. The minimum atomic E-state index is 0.400. The van der Waals surface area contributed by atoms with Crippen LogP contribution in [0.1, 0.15) is 50.6 Å². The molecule has 1 unspecified atom stereocenters. The van der Waals surface area contributed by atoms with Crippen LogP contribution in [0, 0.1) is 5.92 Å².